The van der Waals surface area contributed by atoms with Gasteiger partial charge in [-0.15, -0.1) is 0 Å². The van der Waals surface area contributed by atoms with E-state index in [0.717, 1.165) is 42.5 Å². The maximum absolute atomic E-state index is 12.6. The van der Waals surface area contributed by atoms with Gasteiger partial charge in [0.1, 0.15) is 28.6 Å². The summed E-state index contributed by atoms with van der Waals surface area (Å²) in [5, 5.41) is 62.9. The molecule has 0 radical (unpaired) electrons. The zero-order valence-electron chi connectivity index (χ0n) is 17.3. The monoisotopic (exact) mass is 484 g/mol. The molecule has 180 valence electrons. The number of phenols is 5. The van der Waals surface area contributed by atoms with Gasteiger partial charge >= 0.3 is 5.97 Å². The molecule has 0 bridgehead atoms. The first-order chi connectivity index (χ1) is 16.5. The number of hydrogen-bond acceptors (Lipinski definition) is 10. The second kappa shape index (κ2) is 9.58. The van der Waals surface area contributed by atoms with E-state index in [0.29, 0.717) is 0 Å². The van der Waals surface area contributed by atoms with E-state index in [1.54, 1.807) is 0 Å². The maximum atomic E-state index is 12.6. The van der Waals surface area contributed by atoms with Crippen LogP contribution in [0.25, 0.3) is 0 Å². The van der Waals surface area contributed by atoms with Crippen molar-refractivity contribution in [1.82, 2.24) is 0 Å². The topological polar surface area (TPSA) is 223 Å². The molecule has 0 fully saturated rings. The lowest BCUT2D eigenvalue weighted by Gasteiger charge is -2.12. The van der Waals surface area contributed by atoms with Crippen LogP contribution in [0.4, 0.5) is 11.4 Å². The molecule has 2 amide bonds. The smallest absolute Gasteiger partial charge is 0.339 e. The molecule has 0 aliphatic carbocycles. The molecule has 0 heterocycles. The van der Waals surface area contributed by atoms with Crippen molar-refractivity contribution in [3.8, 4) is 34.5 Å². The Hall–Kier alpha value is -5.46. The lowest BCUT2D eigenvalue weighted by molar-refractivity contribution is -0.120. The van der Waals surface area contributed by atoms with Crippen LogP contribution in [0.15, 0.2) is 42.5 Å². The molecule has 0 atom stereocenters. The van der Waals surface area contributed by atoms with Crippen LogP contribution in [-0.2, 0) is 4.79 Å². The molecule has 13 heteroatoms. The van der Waals surface area contributed by atoms with Crippen molar-refractivity contribution in [2.75, 3.05) is 10.6 Å². The Balaban J connectivity index is 1.85. The van der Waals surface area contributed by atoms with Crippen LogP contribution in [0, 0.1) is 0 Å². The summed E-state index contributed by atoms with van der Waals surface area (Å²) in [7, 11) is 0. The van der Waals surface area contributed by atoms with Gasteiger partial charge in [-0.1, -0.05) is 0 Å². The largest absolute Gasteiger partial charge is 0.508 e. The molecule has 0 saturated heterocycles. The van der Waals surface area contributed by atoms with Crippen molar-refractivity contribution < 1.29 is 54.6 Å². The predicted molar refractivity (Wildman–Crippen MR) is 117 cm³/mol. The van der Waals surface area contributed by atoms with Crippen LogP contribution < -0.4 is 15.4 Å². The van der Waals surface area contributed by atoms with Gasteiger partial charge in [0.05, 0.1) is 11.4 Å². The van der Waals surface area contributed by atoms with Crippen LogP contribution in [0.1, 0.15) is 31.1 Å². The lowest BCUT2D eigenvalue weighted by Crippen LogP contribution is -2.16. The van der Waals surface area contributed by atoms with Crippen molar-refractivity contribution in [2.24, 2.45) is 0 Å². The average molecular weight is 484 g/mol. The van der Waals surface area contributed by atoms with Crippen LogP contribution >= 0.6 is 0 Å². The molecule has 0 aliphatic rings. The quantitative estimate of drug-likeness (QED) is 0.137. The Kier molecular flexibility index (Phi) is 6.62. The van der Waals surface area contributed by atoms with Gasteiger partial charge in [-0.25, -0.2) is 4.79 Å². The van der Waals surface area contributed by atoms with E-state index >= 15 is 0 Å². The fourth-order valence-electron chi connectivity index (χ4n) is 2.91. The summed E-state index contributed by atoms with van der Waals surface area (Å²) in [5.41, 5.74) is -1.74. The third kappa shape index (κ3) is 5.31. The minimum Gasteiger partial charge on any atom is -0.508 e. The van der Waals surface area contributed by atoms with Crippen molar-refractivity contribution >= 4 is 35.6 Å². The van der Waals surface area contributed by atoms with Crippen molar-refractivity contribution in [2.45, 2.75) is 0 Å². The van der Waals surface area contributed by atoms with Gasteiger partial charge in [-0.2, -0.15) is 0 Å². The normalized spacial score (nSPS) is 10.3. The summed E-state index contributed by atoms with van der Waals surface area (Å²) in [6, 6.07) is 6.34. The molecule has 3 aromatic rings. The Morgan fingerprint density at radius 3 is 1.71 bits per heavy atom. The number of carboxylic acid groups (broad SMARTS) is 1. The number of ether oxygens (including phenoxy) is 1. The molecule has 0 spiro atoms. The molecule has 35 heavy (non-hydrogen) atoms. The van der Waals surface area contributed by atoms with Crippen molar-refractivity contribution in [1.29, 1.82) is 0 Å². The molecule has 0 saturated carbocycles. The maximum Gasteiger partial charge on any atom is 0.339 e. The summed E-state index contributed by atoms with van der Waals surface area (Å²) in [4.78, 5) is 46.6. The van der Waals surface area contributed by atoms with Gasteiger partial charge in [0.2, 0.25) is 0 Å². The average Bonchev–Trinajstić information content (AvgIpc) is 2.78. The highest BCUT2D eigenvalue weighted by atomic mass is 16.5. The van der Waals surface area contributed by atoms with E-state index in [2.05, 4.69) is 15.4 Å². The summed E-state index contributed by atoms with van der Waals surface area (Å²) >= 11 is 0. The number of amides is 2. The standard InChI is InChI=1S/C22H16N2O11/c25-8-35-19-7-17(29)14(6-18(19)30)24-21(32)10-1-9(2-11(26)3-10)20(31)23-13-5-15(27)12(22(33)34)4-16(13)28/h1-8,26-30H,(H,23,31)(H,24,32)(H,33,34). The van der Waals surface area contributed by atoms with Crippen LogP contribution in [0.5, 0.6) is 34.5 Å². The van der Waals surface area contributed by atoms with Gasteiger partial charge in [-0.05, 0) is 18.2 Å². The highest BCUT2D eigenvalue weighted by molar-refractivity contribution is 6.10. The number of carbonyl (C=O) groups excluding carboxylic acids is 3. The van der Waals surface area contributed by atoms with Crippen LogP contribution in [-0.4, -0.2) is 54.9 Å². The number of carbonyl (C=O) groups is 4. The first-order valence-electron chi connectivity index (χ1n) is 9.42. The van der Waals surface area contributed by atoms with E-state index in [1.165, 1.54) is 0 Å². The number of anilines is 2. The number of aromatic carboxylic acids is 1. The van der Waals surface area contributed by atoms with Gasteiger partial charge in [0.15, 0.2) is 11.5 Å². The number of aromatic hydroxyl groups is 5. The Labute approximate surface area is 195 Å². The molecule has 0 aliphatic heterocycles. The highest BCUT2D eigenvalue weighted by Crippen LogP contribution is 2.37. The molecule has 13 nitrogen and oxygen atoms in total. The van der Waals surface area contributed by atoms with Gasteiger partial charge < -0.3 is 46.0 Å². The summed E-state index contributed by atoms with van der Waals surface area (Å²) in [5.74, 6) is -6.76. The molecule has 3 rings (SSSR count). The molecular formula is C22H16N2O11. The Morgan fingerprint density at radius 2 is 1.20 bits per heavy atom. The van der Waals surface area contributed by atoms with E-state index in [4.69, 9.17) is 5.11 Å². The van der Waals surface area contributed by atoms with Crippen LogP contribution in [0.2, 0.25) is 0 Å². The van der Waals surface area contributed by atoms with Gasteiger partial charge in [-0.3, -0.25) is 14.4 Å². The number of hydrogen-bond donors (Lipinski definition) is 8. The molecule has 8 N–H and O–H groups in total. The van der Waals surface area contributed by atoms with E-state index < -0.39 is 52.1 Å². The second-order valence-electron chi connectivity index (χ2n) is 6.92. The van der Waals surface area contributed by atoms with Crippen molar-refractivity contribution in [3.05, 3.63) is 59.2 Å². The molecule has 3 aromatic carbocycles. The minimum atomic E-state index is -1.51. The minimum absolute atomic E-state index is 0.0215. The third-order valence-electron chi connectivity index (χ3n) is 4.54. The fourth-order valence-corrected chi connectivity index (χ4v) is 2.91. The number of nitrogens with one attached hydrogen (secondary N) is 2. The van der Waals surface area contributed by atoms with E-state index in [9.17, 15) is 44.7 Å². The van der Waals surface area contributed by atoms with Crippen LogP contribution in [0.3, 0.4) is 0 Å². The number of carboxylic acids is 1. The SMILES string of the molecule is O=COc1cc(O)c(NC(=O)c2cc(O)cc(C(=O)Nc3cc(O)c(C(=O)O)cc3O)c2)cc1O. The van der Waals surface area contributed by atoms with E-state index in [-0.39, 0.29) is 34.7 Å². The third-order valence-corrected chi connectivity index (χ3v) is 4.54. The number of rotatable bonds is 7. The van der Waals surface area contributed by atoms with Crippen molar-refractivity contribution in [3.63, 3.8) is 0 Å². The zero-order chi connectivity index (χ0) is 25.9. The fraction of sp³-hybridized carbons (Fsp3) is 0. The number of phenolic OH excluding ortho intramolecular Hbond substituents is 4. The second-order valence-corrected chi connectivity index (χ2v) is 6.92. The molecule has 0 unspecified atom stereocenters. The first-order valence-corrected chi connectivity index (χ1v) is 9.42. The number of benzene rings is 3. The van der Waals surface area contributed by atoms with E-state index in [1.807, 2.05) is 0 Å². The summed E-state index contributed by atoms with van der Waals surface area (Å²) in [6.07, 6.45) is 0. The molecular weight excluding hydrogens is 468 g/mol. The predicted octanol–water partition coefficient (Wildman–Crippen LogP) is 1.95. The highest BCUT2D eigenvalue weighted by Gasteiger charge is 2.19. The Morgan fingerprint density at radius 1 is 0.686 bits per heavy atom. The lowest BCUT2D eigenvalue weighted by atomic mass is 10.1. The first kappa shape index (κ1) is 24.2. The zero-order valence-corrected chi connectivity index (χ0v) is 17.3. The molecule has 0 aromatic heterocycles. The summed E-state index contributed by atoms with van der Waals surface area (Å²) in [6.45, 7) is 0.0215. The van der Waals surface area contributed by atoms with Gasteiger partial charge in [0.25, 0.3) is 18.3 Å². The Bertz CT molecular complexity index is 1370. The van der Waals surface area contributed by atoms with Gasteiger partial charge in [0, 0.05) is 35.4 Å². The summed E-state index contributed by atoms with van der Waals surface area (Å²) < 4.78 is 4.46.